The van der Waals surface area contributed by atoms with Crippen molar-refractivity contribution in [2.24, 2.45) is 0 Å². The lowest BCUT2D eigenvalue weighted by atomic mass is 10.5. The van der Waals surface area contributed by atoms with E-state index in [1.54, 1.807) is 11.5 Å². The number of ether oxygens (including phenoxy) is 1. The zero-order valence-corrected chi connectivity index (χ0v) is 8.45. The smallest absolute Gasteiger partial charge is 0.358 e. The van der Waals surface area contributed by atoms with Crippen molar-refractivity contribution in [3.05, 3.63) is 11.9 Å². The maximum Gasteiger partial charge on any atom is 0.358 e. The fraction of sp³-hybridized carbons (Fsp3) is 0.500. The van der Waals surface area contributed by atoms with Crippen LogP contribution >= 0.6 is 11.8 Å². The molecule has 6 heteroatoms. The molecule has 0 saturated heterocycles. The standard InChI is InChI=1S/C8H10N2O3S/c1-2-13-7(12)5-3-10-6(11)4-14-8(10)9-5/h3,6,11H,2,4H2,1H3. The Labute approximate surface area is 85.1 Å². The lowest BCUT2D eigenvalue weighted by molar-refractivity contribution is 0.0519. The molecule has 0 spiro atoms. The number of nitrogens with zero attached hydrogens (tertiary/aromatic N) is 2. The van der Waals surface area contributed by atoms with E-state index in [0.717, 1.165) is 0 Å². The van der Waals surface area contributed by atoms with Gasteiger partial charge in [0.25, 0.3) is 0 Å². The fourth-order valence-electron chi connectivity index (χ4n) is 1.23. The van der Waals surface area contributed by atoms with Crippen LogP contribution in [0.15, 0.2) is 11.4 Å². The van der Waals surface area contributed by atoms with Crippen molar-refractivity contribution in [2.75, 3.05) is 12.4 Å². The topological polar surface area (TPSA) is 64.4 Å². The van der Waals surface area contributed by atoms with Crippen molar-refractivity contribution < 1.29 is 14.6 Å². The molecular weight excluding hydrogens is 204 g/mol. The van der Waals surface area contributed by atoms with Gasteiger partial charge in [-0.15, -0.1) is 0 Å². The van der Waals surface area contributed by atoms with Gasteiger partial charge in [0, 0.05) is 11.9 Å². The van der Waals surface area contributed by atoms with E-state index in [4.69, 9.17) is 4.74 Å². The normalized spacial score (nSPS) is 19.4. The van der Waals surface area contributed by atoms with Crippen LogP contribution < -0.4 is 0 Å². The number of esters is 1. The first-order valence-corrected chi connectivity index (χ1v) is 5.27. The lowest BCUT2D eigenvalue weighted by Gasteiger charge is -2.01. The highest BCUT2D eigenvalue weighted by atomic mass is 32.2. The average Bonchev–Trinajstić information content (AvgIpc) is 2.69. The van der Waals surface area contributed by atoms with Crippen molar-refractivity contribution in [1.29, 1.82) is 0 Å². The molecule has 1 aliphatic heterocycles. The first kappa shape index (κ1) is 9.54. The van der Waals surface area contributed by atoms with Crippen LogP contribution in [0, 0.1) is 0 Å². The van der Waals surface area contributed by atoms with Crippen molar-refractivity contribution in [2.45, 2.75) is 18.3 Å². The van der Waals surface area contributed by atoms with Crippen molar-refractivity contribution in [1.82, 2.24) is 9.55 Å². The van der Waals surface area contributed by atoms with Gasteiger partial charge in [0.1, 0.15) is 6.23 Å². The van der Waals surface area contributed by atoms with Gasteiger partial charge in [0.15, 0.2) is 10.9 Å². The summed E-state index contributed by atoms with van der Waals surface area (Å²) in [5.41, 5.74) is 0.258. The van der Waals surface area contributed by atoms with Crippen LogP contribution in [0.5, 0.6) is 0 Å². The average molecular weight is 214 g/mol. The number of rotatable bonds is 2. The minimum absolute atomic E-state index is 0.258. The van der Waals surface area contributed by atoms with Crippen LogP contribution in [-0.4, -0.2) is 33.0 Å². The number of hydrogen-bond acceptors (Lipinski definition) is 5. The molecule has 5 nitrogen and oxygen atoms in total. The molecule has 1 aliphatic rings. The minimum Gasteiger partial charge on any atom is -0.461 e. The number of aromatic nitrogens is 2. The molecule has 1 aromatic rings. The van der Waals surface area contributed by atoms with Gasteiger partial charge in [-0.05, 0) is 6.92 Å². The number of imidazole rings is 1. The van der Waals surface area contributed by atoms with Crippen LogP contribution in [0.1, 0.15) is 23.6 Å². The summed E-state index contributed by atoms with van der Waals surface area (Å²) in [5.74, 6) is 0.146. The van der Waals surface area contributed by atoms with Gasteiger partial charge >= 0.3 is 5.97 Å². The van der Waals surface area contributed by atoms with Gasteiger partial charge in [-0.2, -0.15) is 0 Å². The summed E-state index contributed by atoms with van der Waals surface area (Å²) in [6.45, 7) is 2.07. The Balaban J connectivity index is 2.22. The summed E-state index contributed by atoms with van der Waals surface area (Å²) in [4.78, 5) is 15.3. The van der Waals surface area contributed by atoms with Gasteiger partial charge in [-0.3, -0.25) is 4.57 Å². The summed E-state index contributed by atoms with van der Waals surface area (Å²) < 4.78 is 6.37. The Bertz CT molecular complexity index is 363. The molecule has 2 rings (SSSR count). The summed E-state index contributed by atoms with van der Waals surface area (Å²) in [5, 5.41) is 10.1. The monoisotopic (exact) mass is 214 g/mol. The lowest BCUT2D eigenvalue weighted by Crippen LogP contribution is -2.06. The van der Waals surface area contributed by atoms with Gasteiger partial charge in [0.2, 0.25) is 0 Å². The van der Waals surface area contributed by atoms with E-state index in [-0.39, 0.29) is 5.69 Å². The van der Waals surface area contributed by atoms with Gasteiger partial charge < -0.3 is 9.84 Å². The molecule has 0 saturated carbocycles. The number of carbonyl (C=O) groups excluding carboxylic acids is 1. The second-order valence-corrected chi connectivity index (χ2v) is 3.82. The zero-order valence-electron chi connectivity index (χ0n) is 7.64. The van der Waals surface area contributed by atoms with E-state index in [1.165, 1.54) is 18.0 Å². The predicted molar refractivity (Wildman–Crippen MR) is 50.2 cm³/mol. The highest BCUT2D eigenvalue weighted by molar-refractivity contribution is 7.99. The molecule has 0 aliphatic carbocycles. The Hall–Kier alpha value is -1.01. The molecule has 1 atom stereocenters. The van der Waals surface area contributed by atoms with Gasteiger partial charge in [-0.1, -0.05) is 11.8 Å². The van der Waals surface area contributed by atoms with Gasteiger partial charge in [-0.25, -0.2) is 9.78 Å². The number of thioether (sulfide) groups is 1. The summed E-state index contributed by atoms with van der Waals surface area (Å²) in [6, 6.07) is 0. The number of aliphatic hydroxyl groups excluding tert-OH is 1. The summed E-state index contributed by atoms with van der Waals surface area (Å²) in [6.07, 6.45) is 0.948. The third kappa shape index (κ3) is 1.51. The molecular formula is C8H10N2O3S. The maximum atomic E-state index is 11.3. The first-order valence-electron chi connectivity index (χ1n) is 4.29. The molecule has 2 heterocycles. The van der Waals surface area contributed by atoms with Crippen LogP contribution in [0.2, 0.25) is 0 Å². The van der Waals surface area contributed by atoms with E-state index < -0.39 is 12.2 Å². The highest BCUT2D eigenvalue weighted by Crippen LogP contribution is 2.31. The molecule has 1 unspecified atom stereocenters. The van der Waals surface area contributed by atoms with Crippen molar-refractivity contribution in [3.8, 4) is 0 Å². The number of hydrogen-bond donors (Lipinski definition) is 1. The SMILES string of the molecule is CCOC(=O)c1cn2c(n1)SCC2O. The molecule has 76 valence electrons. The van der Waals surface area contributed by atoms with E-state index in [2.05, 4.69) is 4.98 Å². The second kappa shape index (κ2) is 3.62. The quantitative estimate of drug-likeness (QED) is 0.732. The zero-order chi connectivity index (χ0) is 10.1. The Morgan fingerprint density at radius 3 is 3.36 bits per heavy atom. The maximum absolute atomic E-state index is 11.3. The predicted octanol–water partition coefficient (Wildman–Crippen LogP) is 0.656. The Kier molecular flexibility index (Phi) is 2.47. The largest absolute Gasteiger partial charge is 0.461 e. The van der Waals surface area contributed by atoms with Crippen LogP contribution in [0.4, 0.5) is 0 Å². The fourth-order valence-corrected chi connectivity index (χ4v) is 2.17. The first-order chi connectivity index (χ1) is 6.72. The molecule has 0 aromatic carbocycles. The molecule has 1 aromatic heterocycles. The van der Waals surface area contributed by atoms with Gasteiger partial charge in [0.05, 0.1) is 6.61 Å². The van der Waals surface area contributed by atoms with Crippen LogP contribution in [0.3, 0.4) is 0 Å². The molecule has 1 N–H and O–H groups in total. The third-order valence-electron chi connectivity index (χ3n) is 1.87. The second-order valence-electron chi connectivity index (χ2n) is 2.83. The number of fused-ring (bicyclic) bond motifs is 1. The Morgan fingerprint density at radius 2 is 2.71 bits per heavy atom. The van der Waals surface area contributed by atoms with E-state index in [0.29, 0.717) is 17.5 Å². The van der Waals surface area contributed by atoms with Crippen LogP contribution in [0.25, 0.3) is 0 Å². The van der Waals surface area contributed by atoms with Crippen LogP contribution in [-0.2, 0) is 4.74 Å². The van der Waals surface area contributed by atoms with Crippen molar-refractivity contribution in [3.63, 3.8) is 0 Å². The van der Waals surface area contributed by atoms with E-state index in [9.17, 15) is 9.90 Å². The van der Waals surface area contributed by atoms with Crippen molar-refractivity contribution >= 4 is 17.7 Å². The molecule has 0 amide bonds. The van der Waals surface area contributed by atoms with E-state index in [1.807, 2.05) is 0 Å². The Morgan fingerprint density at radius 1 is 1.93 bits per heavy atom. The molecule has 14 heavy (non-hydrogen) atoms. The summed E-state index contributed by atoms with van der Waals surface area (Å²) in [7, 11) is 0. The van der Waals surface area contributed by atoms with E-state index >= 15 is 0 Å². The number of aliphatic hydroxyl groups is 1. The highest BCUT2D eigenvalue weighted by Gasteiger charge is 2.25. The third-order valence-corrected chi connectivity index (χ3v) is 2.89. The number of carbonyl (C=O) groups is 1. The molecule has 0 radical (unpaired) electrons. The minimum atomic E-state index is -0.578. The molecule has 0 bridgehead atoms. The molecule has 0 fully saturated rings. The summed E-state index contributed by atoms with van der Waals surface area (Å²) >= 11 is 1.43.